The summed E-state index contributed by atoms with van der Waals surface area (Å²) in [7, 11) is 0. The lowest BCUT2D eigenvalue weighted by Crippen LogP contribution is -2.25. The van der Waals surface area contributed by atoms with Gasteiger partial charge < -0.3 is 5.32 Å². The second kappa shape index (κ2) is 5.22. The van der Waals surface area contributed by atoms with Crippen LogP contribution in [0.4, 0.5) is 0 Å². The average Bonchev–Trinajstić information content (AvgIpc) is 3.03. The van der Waals surface area contributed by atoms with Gasteiger partial charge in [0.05, 0.1) is 11.7 Å². The van der Waals surface area contributed by atoms with E-state index in [1.807, 2.05) is 11.3 Å². The predicted molar refractivity (Wildman–Crippen MR) is 88.1 cm³/mol. The fraction of sp³-hybridized carbons (Fsp3) is 0.500. The highest BCUT2D eigenvalue weighted by molar-refractivity contribution is 7.11. The first-order chi connectivity index (χ1) is 10.2. The van der Waals surface area contributed by atoms with Gasteiger partial charge in [-0.2, -0.15) is 0 Å². The Morgan fingerprint density at radius 2 is 2.10 bits per heavy atom. The summed E-state index contributed by atoms with van der Waals surface area (Å²) in [6.07, 6.45) is 6.32. The lowest BCUT2D eigenvalue weighted by molar-refractivity contribution is 0.593. The van der Waals surface area contributed by atoms with E-state index < -0.39 is 0 Å². The van der Waals surface area contributed by atoms with Crippen molar-refractivity contribution in [2.75, 3.05) is 0 Å². The molecule has 2 aliphatic carbocycles. The predicted octanol–water partition coefficient (Wildman–Crippen LogP) is 4.09. The molecule has 1 aromatic carbocycles. The van der Waals surface area contributed by atoms with Gasteiger partial charge in [-0.25, -0.2) is 4.98 Å². The highest BCUT2D eigenvalue weighted by Gasteiger charge is 2.30. The van der Waals surface area contributed by atoms with Gasteiger partial charge in [-0.1, -0.05) is 18.2 Å². The second-order valence-electron chi connectivity index (χ2n) is 6.44. The SMILES string of the molecule is Cc1cccc(C(NC2CC2)c2nc3c(s2)CCC3)c1C. The van der Waals surface area contributed by atoms with Crippen LogP contribution in [0.1, 0.15) is 57.6 Å². The number of thiazole rings is 1. The molecule has 0 bridgehead atoms. The third kappa shape index (κ3) is 2.53. The normalized spacial score (nSPS) is 18.8. The smallest absolute Gasteiger partial charge is 0.115 e. The molecule has 1 aromatic heterocycles. The number of rotatable bonds is 4. The van der Waals surface area contributed by atoms with Crippen molar-refractivity contribution in [1.29, 1.82) is 0 Å². The molecule has 1 fully saturated rings. The van der Waals surface area contributed by atoms with Crippen LogP contribution in [0.15, 0.2) is 18.2 Å². The van der Waals surface area contributed by atoms with Crippen molar-refractivity contribution < 1.29 is 0 Å². The Balaban J connectivity index is 1.74. The Labute approximate surface area is 130 Å². The van der Waals surface area contributed by atoms with Gasteiger partial charge in [0.25, 0.3) is 0 Å². The minimum Gasteiger partial charge on any atom is -0.301 e. The van der Waals surface area contributed by atoms with Crippen LogP contribution in [-0.2, 0) is 12.8 Å². The van der Waals surface area contributed by atoms with E-state index in [0.29, 0.717) is 6.04 Å². The van der Waals surface area contributed by atoms with Gasteiger partial charge in [0, 0.05) is 10.9 Å². The van der Waals surface area contributed by atoms with Crippen LogP contribution in [-0.4, -0.2) is 11.0 Å². The van der Waals surface area contributed by atoms with Crippen LogP contribution in [0.25, 0.3) is 0 Å². The molecule has 0 radical (unpaired) electrons. The summed E-state index contributed by atoms with van der Waals surface area (Å²) in [5, 5.41) is 5.11. The summed E-state index contributed by atoms with van der Waals surface area (Å²) < 4.78 is 0. The van der Waals surface area contributed by atoms with E-state index in [1.54, 1.807) is 0 Å². The number of aromatic nitrogens is 1. The zero-order chi connectivity index (χ0) is 14.4. The zero-order valence-electron chi connectivity index (χ0n) is 12.8. The molecule has 110 valence electrons. The maximum atomic E-state index is 4.98. The van der Waals surface area contributed by atoms with Crippen molar-refractivity contribution in [3.63, 3.8) is 0 Å². The number of aryl methyl sites for hydroxylation is 3. The Hall–Kier alpha value is -1.19. The molecule has 1 N–H and O–H groups in total. The molecule has 21 heavy (non-hydrogen) atoms. The first-order valence-electron chi connectivity index (χ1n) is 8.03. The van der Waals surface area contributed by atoms with E-state index in [-0.39, 0.29) is 6.04 Å². The van der Waals surface area contributed by atoms with Crippen LogP contribution in [0.2, 0.25) is 0 Å². The highest BCUT2D eigenvalue weighted by atomic mass is 32.1. The van der Waals surface area contributed by atoms with E-state index in [1.165, 1.54) is 64.4 Å². The minimum absolute atomic E-state index is 0.285. The molecule has 1 saturated carbocycles. The summed E-state index contributed by atoms with van der Waals surface area (Å²) in [5.74, 6) is 0. The van der Waals surface area contributed by atoms with E-state index >= 15 is 0 Å². The maximum Gasteiger partial charge on any atom is 0.115 e. The fourth-order valence-corrected chi connectivity index (χ4v) is 4.43. The lowest BCUT2D eigenvalue weighted by atomic mass is 9.97. The Morgan fingerprint density at radius 3 is 2.86 bits per heavy atom. The Bertz CT molecular complexity index is 648. The van der Waals surface area contributed by atoms with Crippen molar-refractivity contribution in [2.45, 2.75) is 58.0 Å². The largest absolute Gasteiger partial charge is 0.301 e. The first kappa shape index (κ1) is 13.5. The molecule has 3 heteroatoms. The average molecular weight is 298 g/mol. The van der Waals surface area contributed by atoms with Gasteiger partial charge in [-0.15, -0.1) is 11.3 Å². The quantitative estimate of drug-likeness (QED) is 0.919. The van der Waals surface area contributed by atoms with Gasteiger partial charge in [0.1, 0.15) is 5.01 Å². The fourth-order valence-electron chi connectivity index (χ4n) is 3.20. The number of fused-ring (bicyclic) bond motifs is 1. The van der Waals surface area contributed by atoms with Crippen molar-refractivity contribution >= 4 is 11.3 Å². The molecule has 1 heterocycles. The maximum absolute atomic E-state index is 4.98. The van der Waals surface area contributed by atoms with Gasteiger partial charge >= 0.3 is 0 Å². The van der Waals surface area contributed by atoms with Crippen LogP contribution in [0.3, 0.4) is 0 Å². The van der Waals surface area contributed by atoms with E-state index in [4.69, 9.17) is 4.98 Å². The summed E-state index contributed by atoms with van der Waals surface area (Å²) >= 11 is 1.94. The molecule has 2 aromatic rings. The summed E-state index contributed by atoms with van der Waals surface area (Å²) in [6, 6.07) is 7.63. The highest BCUT2D eigenvalue weighted by Crippen LogP contribution is 2.36. The molecule has 0 aliphatic heterocycles. The number of nitrogens with one attached hydrogen (secondary N) is 1. The Morgan fingerprint density at radius 1 is 1.24 bits per heavy atom. The number of hydrogen-bond acceptors (Lipinski definition) is 3. The third-order valence-corrected chi connectivity index (χ3v) is 6.02. The van der Waals surface area contributed by atoms with Crippen molar-refractivity contribution in [1.82, 2.24) is 10.3 Å². The summed E-state index contributed by atoms with van der Waals surface area (Å²) in [5.41, 5.74) is 5.56. The van der Waals surface area contributed by atoms with Crippen molar-refractivity contribution in [2.24, 2.45) is 0 Å². The molecule has 1 unspecified atom stereocenters. The minimum atomic E-state index is 0.285. The molecule has 1 atom stereocenters. The zero-order valence-corrected chi connectivity index (χ0v) is 13.6. The first-order valence-corrected chi connectivity index (χ1v) is 8.84. The summed E-state index contributed by atoms with van der Waals surface area (Å²) in [6.45, 7) is 4.45. The summed E-state index contributed by atoms with van der Waals surface area (Å²) in [4.78, 5) is 6.50. The van der Waals surface area contributed by atoms with E-state index in [2.05, 4.69) is 37.4 Å². The van der Waals surface area contributed by atoms with Crippen molar-refractivity contribution in [3.05, 3.63) is 50.5 Å². The van der Waals surface area contributed by atoms with Gasteiger partial charge in [0.15, 0.2) is 0 Å². The molecule has 0 spiro atoms. The lowest BCUT2D eigenvalue weighted by Gasteiger charge is -2.20. The van der Waals surface area contributed by atoms with Gasteiger partial charge in [-0.05, 0) is 62.6 Å². The molecule has 0 saturated heterocycles. The van der Waals surface area contributed by atoms with Crippen LogP contribution in [0, 0.1) is 13.8 Å². The molecular formula is C18H22N2S. The molecule has 4 rings (SSSR count). The molecule has 2 aliphatic rings. The van der Waals surface area contributed by atoms with Crippen LogP contribution < -0.4 is 5.32 Å². The molecule has 0 amide bonds. The Kier molecular flexibility index (Phi) is 3.35. The molecule has 2 nitrogen and oxygen atoms in total. The standard InChI is InChI=1S/C18H22N2S/c1-11-5-3-6-14(12(11)2)17(19-13-9-10-13)18-20-15-7-4-8-16(15)21-18/h3,5-6,13,17,19H,4,7-10H2,1-2H3. The van der Waals surface area contributed by atoms with Gasteiger partial charge in [-0.3, -0.25) is 0 Å². The third-order valence-electron chi connectivity index (χ3n) is 4.80. The number of nitrogens with zero attached hydrogens (tertiary/aromatic N) is 1. The number of benzene rings is 1. The van der Waals surface area contributed by atoms with E-state index in [9.17, 15) is 0 Å². The topological polar surface area (TPSA) is 24.9 Å². The van der Waals surface area contributed by atoms with Crippen LogP contribution >= 0.6 is 11.3 Å². The monoisotopic (exact) mass is 298 g/mol. The van der Waals surface area contributed by atoms with Crippen molar-refractivity contribution in [3.8, 4) is 0 Å². The van der Waals surface area contributed by atoms with Crippen LogP contribution in [0.5, 0.6) is 0 Å². The molecular weight excluding hydrogens is 276 g/mol. The van der Waals surface area contributed by atoms with E-state index in [0.717, 1.165) is 0 Å². The number of hydrogen-bond donors (Lipinski definition) is 1. The second-order valence-corrected chi connectivity index (χ2v) is 7.55. The van der Waals surface area contributed by atoms with Gasteiger partial charge in [0.2, 0.25) is 0 Å².